The summed E-state index contributed by atoms with van der Waals surface area (Å²) in [5.74, 6) is 0. The molecule has 0 heterocycles. The molecule has 88 valence electrons. The van der Waals surface area contributed by atoms with Gasteiger partial charge in [0.2, 0.25) is 0 Å². The first kappa shape index (κ1) is 12.1. The normalized spacial score (nSPS) is 11.1. The molecule has 0 radical (unpaired) electrons. The molecule has 0 aromatic heterocycles. The second kappa shape index (κ2) is 4.89. The van der Waals surface area contributed by atoms with E-state index in [2.05, 4.69) is 20.7 Å². The van der Waals surface area contributed by atoms with E-state index in [0.717, 1.165) is 0 Å². The molecule has 0 aliphatic carbocycles. The Morgan fingerprint density at radius 1 is 0.882 bits per heavy atom. The summed E-state index contributed by atoms with van der Waals surface area (Å²) in [5.41, 5.74) is 0.399. The van der Waals surface area contributed by atoms with Gasteiger partial charge in [-0.05, 0) is 18.2 Å². The highest BCUT2D eigenvalue weighted by Crippen LogP contribution is 2.33. The van der Waals surface area contributed by atoms with Crippen LogP contribution in [0.1, 0.15) is 0 Å². The summed E-state index contributed by atoms with van der Waals surface area (Å²) in [6, 6.07) is 15.1. The highest BCUT2D eigenvalue weighted by Gasteiger charge is 2.03. The molecule has 0 unspecified atom stereocenters. The van der Waals surface area contributed by atoms with Gasteiger partial charge in [0.05, 0.1) is 4.90 Å². The van der Waals surface area contributed by atoms with Crippen LogP contribution in [0, 0.1) is 0 Å². The molecule has 0 N–H and O–H groups in total. The van der Waals surface area contributed by atoms with E-state index >= 15 is 0 Å². The third kappa shape index (κ3) is 2.87. The van der Waals surface area contributed by atoms with Crippen molar-refractivity contribution in [2.75, 3.05) is 0 Å². The maximum atomic E-state index is 12.0. The molecule has 0 fully saturated rings. The largest absolute Gasteiger partial charge is 0.572 e. The molecule has 3 nitrogen and oxygen atoms in total. The van der Waals surface area contributed by atoms with E-state index in [9.17, 15) is 8.42 Å². The fraction of sp³-hybridized carbons (Fsp3) is 0. The summed E-state index contributed by atoms with van der Waals surface area (Å²) in [4.78, 5) is 0.191. The van der Waals surface area contributed by atoms with Gasteiger partial charge in [-0.25, -0.2) is 8.42 Å². The second-order valence-corrected chi connectivity index (χ2v) is 5.79. The van der Waals surface area contributed by atoms with Crippen LogP contribution in [0.2, 0.25) is 0 Å². The number of nitrogens with zero attached hydrogens (tertiary/aromatic N) is 1. The van der Waals surface area contributed by atoms with Crippen molar-refractivity contribution >= 4 is 31.6 Å². The van der Waals surface area contributed by atoms with E-state index in [1.807, 2.05) is 0 Å². The van der Waals surface area contributed by atoms with E-state index in [1.165, 1.54) is 12.1 Å². The summed E-state index contributed by atoms with van der Waals surface area (Å²) in [6.45, 7) is 0. The minimum atomic E-state index is -3.64. The van der Waals surface area contributed by atoms with E-state index in [0.29, 0.717) is 10.2 Å². The Morgan fingerprint density at radius 3 is 2.12 bits per heavy atom. The van der Waals surface area contributed by atoms with Gasteiger partial charge in [0.1, 0.15) is 10.0 Å². The van der Waals surface area contributed by atoms with Crippen LogP contribution in [0.15, 0.2) is 64.0 Å². The highest BCUT2D eigenvalue weighted by atomic mass is 79.9. The van der Waals surface area contributed by atoms with Gasteiger partial charge >= 0.3 is 0 Å². The van der Waals surface area contributed by atoms with Crippen molar-refractivity contribution in [1.29, 1.82) is 0 Å². The van der Waals surface area contributed by atoms with E-state index in [1.54, 1.807) is 42.5 Å². The van der Waals surface area contributed by atoms with Crippen LogP contribution in [-0.2, 0) is 10.0 Å². The summed E-state index contributed by atoms with van der Waals surface area (Å²) in [5, 5.41) is 0. The second-order valence-electron chi connectivity index (χ2n) is 3.33. The first-order chi connectivity index (χ1) is 8.09. The van der Waals surface area contributed by atoms with Gasteiger partial charge in [-0.15, -0.1) is 5.69 Å². The first-order valence-corrected chi connectivity index (χ1v) is 7.10. The average molecular weight is 311 g/mol. The number of rotatable bonds is 3. The quantitative estimate of drug-likeness (QED) is 0.864. The Labute approximate surface area is 109 Å². The molecule has 5 heteroatoms. The van der Waals surface area contributed by atoms with Crippen LogP contribution in [0.3, 0.4) is 0 Å². The van der Waals surface area contributed by atoms with Gasteiger partial charge in [-0.3, -0.25) is 0 Å². The molecule has 2 rings (SSSR count). The lowest BCUT2D eigenvalue weighted by Gasteiger charge is -2.23. The zero-order valence-corrected chi connectivity index (χ0v) is 11.1. The minimum absolute atomic E-state index is 0.191. The maximum Gasteiger partial charge on any atom is 0.123 e. The molecule has 0 amide bonds. The molecule has 0 saturated heterocycles. The van der Waals surface area contributed by atoms with Gasteiger partial charge in [0, 0.05) is 4.47 Å². The molecule has 0 saturated carbocycles. The maximum absolute atomic E-state index is 12.0. The summed E-state index contributed by atoms with van der Waals surface area (Å²) >= 11 is 3.26. The number of sulfonamides is 1. The van der Waals surface area contributed by atoms with Gasteiger partial charge in [0.25, 0.3) is 0 Å². The van der Waals surface area contributed by atoms with E-state index in [-0.39, 0.29) is 4.90 Å². The smallest absolute Gasteiger partial charge is 0.123 e. The lowest BCUT2D eigenvalue weighted by molar-refractivity contribution is 0.603. The molecule has 2 aromatic carbocycles. The zero-order valence-electron chi connectivity index (χ0n) is 8.75. The topological polar surface area (TPSA) is 48.2 Å². The molecule has 0 spiro atoms. The Morgan fingerprint density at radius 2 is 1.47 bits per heavy atom. The molecule has 0 bridgehead atoms. The van der Waals surface area contributed by atoms with Crippen molar-refractivity contribution in [3.63, 3.8) is 0 Å². The predicted molar refractivity (Wildman–Crippen MR) is 70.8 cm³/mol. The highest BCUT2D eigenvalue weighted by molar-refractivity contribution is 9.10. The first-order valence-electron chi connectivity index (χ1n) is 4.87. The van der Waals surface area contributed by atoms with Crippen LogP contribution in [-0.4, -0.2) is 8.42 Å². The van der Waals surface area contributed by atoms with Gasteiger partial charge in [-0.1, -0.05) is 52.3 Å². The van der Waals surface area contributed by atoms with Crippen molar-refractivity contribution in [1.82, 2.24) is 0 Å². The van der Waals surface area contributed by atoms with E-state index in [4.69, 9.17) is 0 Å². The lowest BCUT2D eigenvalue weighted by Crippen LogP contribution is -1.97. The predicted octanol–water partition coefficient (Wildman–Crippen LogP) is 3.84. The summed E-state index contributed by atoms with van der Waals surface area (Å²) < 4.78 is 28.4. The monoisotopic (exact) mass is 310 g/mol. The Balaban J connectivity index is 2.34. The van der Waals surface area contributed by atoms with E-state index < -0.39 is 10.0 Å². The van der Waals surface area contributed by atoms with Crippen molar-refractivity contribution in [2.24, 2.45) is 0 Å². The molecule has 0 atom stereocenters. The number of halogens is 1. The SMILES string of the molecule is O=S(=O)([N-]c1ccccc1Br)c1ccccc1. The van der Waals surface area contributed by atoms with Crippen LogP contribution in [0.25, 0.3) is 4.72 Å². The molecular weight excluding hydrogens is 302 g/mol. The minimum Gasteiger partial charge on any atom is -0.572 e. The Kier molecular flexibility index (Phi) is 3.49. The van der Waals surface area contributed by atoms with Crippen LogP contribution in [0.4, 0.5) is 5.69 Å². The molecule has 0 aliphatic rings. The van der Waals surface area contributed by atoms with Crippen molar-refractivity contribution in [3.05, 3.63) is 63.8 Å². The molecule has 17 heavy (non-hydrogen) atoms. The third-order valence-electron chi connectivity index (χ3n) is 2.11. The molecular formula is C12H9BrNO2S-. The van der Waals surface area contributed by atoms with Crippen molar-refractivity contribution in [2.45, 2.75) is 4.90 Å². The third-order valence-corrected chi connectivity index (χ3v) is 4.09. The molecule has 2 aromatic rings. The summed E-state index contributed by atoms with van der Waals surface area (Å²) in [7, 11) is -3.64. The fourth-order valence-electron chi connectivity index (χ4n) is 1.30. The van der Waals surface area contributed by atoms with Gasteiger partial charge in [-0.2, -0.15) is 0 Å². The average Bonchev–Trinajstić information content (AvgIpc) is 2.33. The van der Waals surface area contributed by atoms with Gasteiger partial charge in [0.15, 0.2) is 0 Å². The van der Waals surface area contributed by atoms with Crippen LogP contribution >= 0.6 is 15.9 Å². The van der Waals surface area contributed by atoms with Gasteiger partial charge < -0.3 is 4.72 Å². The van der Waals surface area contributed by atoms with Crippen LogP contribution in [0.5, 0.6) is 0 Å². The number of hydrogen-bond acceptors (Lipinski definition) is 2. The fourth-order valence-corrected chi connectivity index (χ4v) is 2.82. The van der Waals surface area contributed by atoms with Crippen molar-refractivity contribution < 1.29 is 8.42 Å². The molecule has 0 aliphatic heterocycles. The Hall–Kier alpha value is -1.33. The zero-order chi connectivity index (χ0) is 12.3. The summed E-state index contributed by atoms with van der Waals surface area (Å²) in [6.07, 6.45) is 0. The number of hydrogen-bond donors (Lipinski definition) is 0. The van der Waals surface area contributed by atoms with Crippen LogP contribution < -0.4 is 0 Å². The number of benzene rings is 2. The Bertz CT molecular complexity index is 611. The van der Waals surface area contributed by atoms with Crippen molar-refractivity contribution in [3.8, 4) is 0 Å². The lowest BCUT2D eigenvalue weighted by atomic mass is 10.3. The standard InChI is InChI=1S/C12H9BrNO2S/c13-11-8-4-5-9-12(11)14-17(15,16)10-6-2-1-3-7-10/h1-9H/q-1.